The first-order valence-corrected chi connectivity index (χ1v) is 7.49. The average Bonchev–Trinajstić information content (AvgIpc) is 2.97. The standard InChI is InChI=1S/C15H21N3OS/c1-18(2)13(14-7-5-9-20-14)11-16-10-12-6-4-8-15(17-12)19-3/h4-9,13,16H,10-11H2,1-3H3. The number of methoxy groups -OCH3 is 1. The number of likely N-dealkylation sites (N-methyl/N-ethyl adjacent to an activating group) is 1. The minimum absolute atomic E-state index is 0.389. The van der Waals surface area contributed by atoms with Crippen molar-refractivity contribution in [1.82, 2.24) is 15.2 Å². The summed E-state index contributed by atoms with van der Waals surface area (Å²) in [5.41, 5.74) is 0.994. The molecule has 2 heterocycles. The van der Waals surface area contributed by atoms with Crippen LogP contribution >= 0.6 is 11.3 Å². The molecule has 0 aliphatic carbocycles. The second-order valence-electron chi connectivity index (χ2n) is 4.80. The summed E-state index contributed by atoms with van der Waals surface area (Å²) < 4.78 is 5.13. The number of aromatic nitrogens is 1. The Hall–Kier alpha value is -1.43. The smallest absolute Gasteiger partial charge is 0.213 e. The molecular weight excluding hydrogens is 270 g/mol. The molecule has 0 aliphatic rings. The van der Waals surface area contributed by atoms with E-state index >= 15 is 0 Å². The largest absolute Gasteiger partial charge is 0.481 e. The van der Waals surface area contributed by atoms with E-state index in [1.807, 2.05) is 18.2 Å². The molecule has 0 spiro atoms. The Kier molecular flexibility index (Phi) is 5.52. The van der Waals surface area contributed by atoms with Gasteiger partial charge in [0.05, 0.1) is 18.8 Å². The van der Waals surface area contributed by atoms with Crippen molar-refractivity contribution >= 4 is 11.3 Å². The first-order chi connectivity index (χ1) is 9.70. The minimum Gasteiger partial charge on any atom is -0.481 e. The Bertz CT molecular complexity index is 514. The number of ether oxygens (including phenoxy) is 1. The van der Waals surface area contributed by atoms with Crippen LogP contribution in [0.2, 0.25) is 0 Å². The Morgan fingerprint density at radius 2 is 2.15 bits per heavy atom. The van der Waals surface area contributed by atoms with Gasteiger partial charge in [-0.1, -0.05) is 12.1 Å². The van der Waals surface area contributed by atoms with Crippen molar-refractivity contribution in [3.05, 3.63) is 46.3 Å². The van der Waals surface area contributed by atoms with E-state index in [9.17, 15) is 0 Å². The van der Waals surface area contributed by atoms with E-state index in [0.717, 1.165) is 18.8 Å². The zero-order valence-corrected chi connectivity index (χ0v) is 13.0. The van der Waals surface area contributed by atoms with E-state index in [-0.39, 0.29) is 0 Å². The molecule has 2 aromatic rings. The first-order valence-electron chi connectivity index (χ1n) is 6.61. The van der Waals surface area contributed by atoms with Crippen LogP contribution in [0.5, 0.6) is 5.88 Å². The predicted molar refractivity (Wildman–Crippen MR) is 83.2 cm³/mol. The lowest BCUT2D eigenvalue weighted by molar-refractivity contribution is 0.292. The van der Waals surface area contributed by atoms with Crippen molar-refractivity contribution in [1.29, 1.82) is 0 Å². The second kappa shape index (κ2) is 7.38. The van der Waals surface area contributed by atoms with Gasteiger partial charge >= 0.3 is 0 Å². The Morgan fingerprint density at radius 1 is 1.30 bits per heavy atom. The topological polar surface area (TPSA) is 37.4 Å². The highest BCUT2D eigenvalue weighted by atomic mass is 32.1. The SMILES string of the molecule is COc1cccc(CNCC(c2cccs2)N(C)C)n1. The van der Waals surface area contributed by atoms with E-state index in [1.54, 1.807) is 18.4 Å². The lowest BCUT2D eigenvalue weighted by Crippen LogP contribution is -2.30. The zero-order valence-electron chi connectivity index (χ0n) is 12.2. The van der Waals surface area contributed by atoms with Crippen molar-refractivity contribution in [2.45, 2.75) is 12.6 Å². The summed E-state index contributed by atoms with van der Waals surface area (Å²) >= 11 is 1.79. The molecular formula is C15H21N3OS. The van der Waals surface area contributed by atoms with Gasteiger partial charge in [-0.3, -0.25) is 0 Å². The summed E-state index contributed by atoms with van der Waals surface area (Å²) in [6.45, 7) is 1.64. The van der Waals surface area contributed by atoms with Gasteiger partial charge in [0.15, 0.2) is 0 Å². The van der Waals surface area contributed by atoms with E-state index in [4.69, 9.17) is 4.74 Å². The van der Waals surface area contributed by atoms with Crippen LogP contribution in [0.25, 0.3) is 0 Å². The molecule has 1 atom stereocenters. The van der Waals surface area contributed by atoms with E-state index < -0.39 is 0 Å². The van der Waals surface area contributed by atoms with Gasteiger partial charge in [0.2, 0.25) is 5.88 Å². The molecule has 4 nitrogen and oxygen atoms in total. The molecule has 0 aliphatic heterocycles. The Morgan fingerprint density at radius 3 is 2.80 bits per heavy atom. The van der Waals surface area contributed by atoms with Crippen molar-refractivity contribution < 1.29 is 4.74 Å². The van der Waals surface area contributed by atoms with Crippen LogP contribution in [-0.4, -0.2) is 37.6 Å². The van der Waals surface area contributed by atoms with Gasteiger partial charge < -0.3 is 15.0 Å². The summed E-state index contributed by atoms with van der Waals surface area (Å²) in [4.78, 5) is 8.01. The molecule has 0 bridgehead atoms. The number of thiophene rings is 1. The molecule has 0 fully saturated rings. The number of rotatable bonds is 7. The number of hydrogen-bond donors (Lipinski definition) is 1. The molecule has 2 rings (SSSR count). The van der Waals surface area contributed by atoms with Crippen molar-refractivity contribution in [3.8, 4) is 5.88 Å². The van der Waals surface area contributed by atoms with Gasteiger partial charge in [0.1, 0.15) is 0 Å². The fourth-order valence-electron chi connectivity index (χ4n) is 2.03. The number of nitrogens with zero attached hydrogens (tertiary/aromatic N) is 2. The van der Waals surface area contributed by atoms with E-state index in [1.165, 1.54) is 4.88 Å². The average molecular weight is 291 g/mol. The summed E-state index contributed by atoms with van der Waals surface area (Å²) in [5, 5.41) is 5.59. The molecule has 108 valence electrons. The van der Waals surface area contributed by atoms with Crippen LogP contribution < -0.4 is 10.1 Å². The van der Waals surface area contributed by atoms with Crippen LogP contribution in [0.4, 0.5) is 0 Å². The normalized spacial score (nSPS) is 12.6. The molecule has 0 aromatic carbocycles. The molecule has 0 radical (unpaired) electrons. The van der Waals surface area contributed by atoms with E-state index in [0.29, 0.717) is 11.9 Å². The maximum absolute atomic E-state index is 5.13. The molecule has 0 saturated carbocycles. The first kappa shape index (κ1) is 15.0. The highest BCUT2D eigenvalue weighted by molar-refractivity contribution is 7.10. The fraction of sp³-hybridized carbons (Fsp3) is 0.400. The molecule has 2 aromatic heterocycles. The lowest BCUT2D eigenvalue weighted by atomic mass is 10.2. The van der Waals surface area contributed by atoms with Crippen molar-refractivity contribution in [2.75, 3.05) is 27.7 Å². The van der Waals surface area contributed by atoms with Crippen molar-refractivity contribution in [3.63, 3.8) is 0 Å². The number of nitrogens with one attached hydrogen (secondary N) is 1. The lowest BCUT2D eigenvalue weighted by Gasteiger charge is -2.23. The zero-order chi connectivity index (χ0) is 14.4. The van der Waals surface area contributed by atoms with Gasteiger partial charge in [0.25, 0.3) is 0 Å². The van der Waals surface area contributed by atoms with Gasteiger partial charge in [-0.2, -0.15) is 0 Å². The molecule has 5 heteroatoms. The molecule has 1 unspecified atom stereocenters. The highest BCUT2D eigenvalue weighted by Crippen LogP contribution is 2.22. The Labute approximate surface area is 124 Å². The predicted octanol–water partition coefficient (Wildman–Crippen LogP) is 2.54. The summed E-state index contributed by atoms with van der Waals surface area (Å²) in [7, 11) is 5.85. The maximum Gasteiger partial charge on any atom is 0.213 e. The van der Waals surface area contributed by atoms with Crippen molar-refractivity contribution in [2.24, 2.45) is 0 Å². The highest BCUT2D eigenvalue weighted by Gasteiger charge is 2.14. The third-order valence-corrected chi connectivity index (χ3v) is 4.10. The monoisotopic (exact) mass is 291 g/mol. The summed E-state index contributed by atoms with van der Waals surface area (Å²) in [6.07, 6.45) is 0. The third kappa shape index (κ3) is 4.03. The van der Waals surface area contributed by atoms with Crippen LogP contribution in [0, 0.1) is 0 Å². The molecule has 1 N–H and O–H groups in total. The third-order valence-electron chi connectivity index (χ3n) is 3.13. The quantitative estimate of drug-likeness (QED) is 0.850. The number of hydrogen-bond acceptors (Lipinski definition) is 5. The van der Waals surface area contributed by atoms with Crippen LogP contribution in [0.1, 0.15) is 16.6 Å². The minimum atomic E-state index is 0.389. The second-order valence-corrected chi connectivity index (χ2v) is 5.78. The van der Waals surface area contributed by atoms with E-state index in [2.05, 4.69) is 46.8 Å². The summed E-state index contributed by atoms with van der Waals surface area (Å²) in [5.74, 6) is 0.659. The maximum atomic E-state index is 5.13. The molecule has 20 heavy (non-hydrogen) atoms. The Balaban J connectivity index is 1.90. The number of pyridine rings is 1. The molecule has 0 saturated heterocycles. The summed E-state index contributed by atoms with van der Waals surface area (Å²) in [6, 6.07) is 10.5. The van der Waals surface area contributed by atoms with Gasteiger partial charge in [-0.15, -0.1) is 11.3 Å². The van der Waals surface area contributed by atoms with Crippen LogP contribution in [-0.2, 0) is 6.54 Å². The van der Waals surface area contributed by atoms with Gasteiger partial charge in [0, 0.05) is 24.0 Å². The van der Waals surface area contributed by atoms with Gasteiger partial charge in [-0.25, -0.2) is 4.98 Å². The van der Waals surface area contributed by atoms with Crippen LogP contribution in [0.3, 0.4) is 0 Å². The van der Waals surface area contributed by atoms with Gasteiger partial charge in [-0.05, 0) is 31.6 Å². The molecule has 0 amide bonds. The van der Waals surface area contributed by atoms with Crippen LogP contribution in [0.15, 0.2) is 35.7 Å². The fourth-order valence-corrected chi connectivity index (χ4v) is 2.95.